The van der Waals surface area contributed by atoms with Gasteiger partial charge in [0.15, 0.2) is 0 Å². The Morgan fingerprint density at radius 2 is 1.89 bits per heavy atom. The van der Waals surface area contributed by atoms with Crippen molar-refractivity contribution >= 4 is 0 Å². The van der Waals surface area contributed by atoms with Crippen LogP contribution in [0.1, 0.15) is 17.0 Å². The van der Waals surface area contributed by atoms with Gasteiger partial charge in [-0.2, -0.15) is 5.26 Å². The number of para-hydroxylation sites is 1. The number of phenolic OH excluding ortho intramolecular Hbond substituents is 2. The summed E-state index contributed by atoms with van der Waals surface area (Å²) < 4.78 is 5.60. The van der Waals surface area contributed by atoms with E-state index in [2.05, 4.69) is 6.07 Å². The van der Waals surface area contributed by atoms with E-state index in [0.717, 1.165) is 0 Å². The Morgan fingerprint density at radius 3 is 2.67 bits per heavy atom. The third-order valence-corrected chi connectivity index (χ3v) is 2.97. The molecule has 2 aromatic rings. The first-order chi connectivity index (χ1) is 8.70. The minimum absolute atomic E-state index is 0.0951. The molecular formula is C14H9NO3. The van der Waals surface area contributed by atoms with Gasteiger partial charge >= 0.3 is 0 Å². The van der Waals surface area contributed by atoms with Crippen LogP contribution in [0.4, 0.5) is 0 Å². The molecule has 0 spiro atoms. The molecule has 0 fully saturated rings. The van der Waals surface area contributed by atoms with Crippen LogP contribution < -0.4 is 4.74 Å². The summed E-state index contributed by atoms with van der Waals surface area (Å²) in [6, 6.07) is 11.9. The first kappa shape index (κ1) is 10.5. The summed E-state index contributed by atoms with van der Waals surface area (Å²) in [5.74, 6) is 0.0678. The second-order valence-electron chi connectivity index (χ2n) is 4.08. The van der Waals surface area contributed by atoms with Crippen LogP contribution in [0.25, 0.3) is 0 Å². The lowest BCUT2D eigenvalue weighted by Crippen LogP contribution is -2.08. The predicted molar refractivity (Wildman–Crippen MR) is 63.7 cm³/mol. The molecule has 0 radical (unpaired) electrons. The Labute approximate surface area is 103 Å². The second-order valence-corrected chi connectivity index (χ2v) is 4.08. The maximum absolute atomic E-state index is 9.87. The summed E-state index contributed by atoms with van der Waals surface area (Å²) >= 11 is 0. The van der Waals surface area contributed by atoms with Gasteiger partial charge in [-0.05, 0) is 6.07 Å². The monoisotopic (exact) mass is 239 g/mol. The molecule has 4 nitrogen and oxygen atoms in total. The van der Waals surface area contributed by atoms with Crippen LogP contribution >= 0.6 is 0 Å². The maximum atomic E-state index is 9.87. The lowest BCUT2D eigenvalue weighted by molar-refractivity contribution is 0.411. The Kier molecular flexibility index (Phi) is 2.14. The highest BCUT2D eigenvalue weighted by atomic mass is 16.5. The summed E-state index contributed by atoms with van der Waals surface area (Å²) in [7, 11) is 0. The lowest BCUT2D eigenvalue weighted by Gasteiger charge is -2.24. The molecule has 3 rings (SSSR count). The molecule has 2 N–H and O–H groups in total. The Balaban J connectivity index is 2.28. The Hall–Kier alpha value is -2.67. The van der Waals surface area contributed by atoms with Crippen molar-refractivity contribution in [1.29, 1.82) is 5.26 Å². The molecule has 0 saturated heterocycles. The van der Waals surface area contributed by atoms with E-state index in [0.29, 0.717) is 22.6 Å². The minimum atomic E-state index is -0.592. The number of hydrogen-bond donors (Lipinski definition) is 2. The molecule has 2 aromatic carbocycles. The fourth-order valence-corrected chi connectivity index (χ4v) is 2.19. The van der Waals surface area contributed by atoms with Gasteiger partial charge in [0, 0.05) is 17.7 Å². The average molecular weight is 239 g/mol. The fourth-order valence-electron chi connectivity index (χ4n) is 2.19. The van der Waals surface area contributed by atoms with Crippen molar-refractivity contribution in [3.05, 3.63) is 47.5 Å². The summed E-state index contributed by atoms with van der Waals surface area (Å²) in [5.41, 5.74) is 1.11. The van der Waals surface area contributed by atoms with Gasteiger partial charge in [0.1, 0.15) is 28.9 Å². The zero-order valence-electron chi connectivity index (χ0n) is 9.29. The third-order valence-electron chi connectivity index (χ3n) is 2.97. The zero-order chi connectivity index (χ0) is 12.7. The maximum Gasteiger partial charge on any atom is 0.139 e. The molecule has 1 atom stereocenters. The molecule has 0 saturated carbocycles. The first-order valence-electron chi connectivity index (χ1n) is 5.43. The number of hydrogen-bond acceptors (Lipinski definition) is 4. The van der Waals surface area contributed by atoms with Crippen molar-refractivity contribution in [3.63, 3.8) is 0 Å². The van der Waals surface area contributed by atoms with Crippen LogP contribution in [-0.4, -0.2) is 10.2 Å². The smallest absolute Gasteiger partial charge is 0.139 e. The molecule has 18 heavy (non-hydrogen) atoms. The number of aromatic hydroxyl groups is 2. The molecule has 0 bridgehead atoms. The van der Waals surface area contributed by atoms with Crippen molar-refractivity contribution in [1.82, 2.24) is 0 Å². The van der Waals surface area contributed by atoms with E-state index in [1.165, 1.54) is 12.1 Å². The fraction of sp³-hybridized carbons (Fsp3) is 0.0714. The number of nitrogens with zero attached hydrogens (tertiary/aromatic N) is 1. The third kappa shape index (κ3) is 1.38. The van der Waals surface area contributed by atoms with Gasteiger partial charge in [0.25, 0.3) is 0 Å². The normalized spacial score (nSPS) is 16.1. The predicted octanol–water partition coefficient (Wildman–Crippen LogP) is 2.86. The van der Waals surface area contributed by atoms with E-state index in [1.807, 2.05) is 6.07 Å². The quantitative estimate of drug-likeness (QED) is 0.741. The molecule has 0 amide bonds. The lowest BCUT2D eigenvalue weighted by atomic mass is 9.88. The molecule has 88 valence electrons. The van der Waals surface area contributed by atoms with Gasteiger partial charge in [0.2, 0.25) is 0 Å². The number of fused-ring (bicyclic) bond motifs is 2. The van der Waals surface area contributed by atoms with Crippen molar-refractivity contribution in [3.8, 4) is 29.1 Å². The molecule has 1 aliphatic rings. The van der Waals surface area contributed by atoms with E-state index in [1.54, 1.807) is 18.2 Å². The second kappa shape index (κ2) is 3.67. The number of ether oxygens (including phenoxy) is 1. The zero-order valence-corrected chi connectivity index (χ0v) is 9.29. The summed E-state index contributed by atoms with van der Waals surface area (Å²) in [5, 5.41) is 28.6. The van der Waals surface area contributed by atoms with Gasteiger partial charge in [-0.3, -0.25) is 0 Å². The number of nitriles is 1. The van der Waals surface area contributed by atoms with Crippen LogP contribution in [0.3, 0.4) is 0 Å². The molecule has 0 aromatic heterocycles. The minimum Gasteiger partial charge on any atom is -0.508 e. The van der Waals surface area contributed by atoms with Gasteiger partial charge < -0.3 is 14.9 Å². The van der Waals surface area contributed by atoms with Gasteiger partial charge in [0.05, 0.1) is 11.6 Å². The molecular weight excluding hydrogens is 230 g/mol. The van der Waals surface area contributed by atoms with Crippen LogP contribution in [-0.2, 0) is 0 Å². The highest BCUT2D eigenvalue weighted by Gasteiger charge is 2.30. The highest BCUT2D eigenvalue weighted by Crippen LogP contribution is 2.48. The van der Waals surface area contributed by atoms with E-state index in [-0.39, 0.29) is 11.5 Å². The molecule has 0 aliphatic carbocycles. The largest absolute Gasteiger partial charge is 0.508 e. The number of rotatable bonds is 0. The first-order valence-corrected chi connectivity index (χ1v) is 5.43. The van der Waals surface area contributed by atoms with Gasteiger partial charge in [-0.25, -0.2) is 0 Å². The Bertz CT molecular complexity index is 673. The van der Waals surface area contributed by atoms with Crippen LogP contribution in [0.15, 0.2) is 36.4 Å². The van der Waals surface area contributed by atoms with E-state index >= 15 is 0 Å². The molecule has 1 unspecified atom stereocenters. The van der Waals surface area contributed by atoms with Crippen molar-refractivity contribution in [2.45, 2.75) is 5.92 Å². The molecule has 4 heteroatoms. The number of benzene rings is 2. The SMILES string of the molecule is N#CC1c2ccccc2Oc2cc(O)cc(O)c21. The van der Waals surface area contributed by atoms with E-state index < -0.39 is 5.92 Å². The highest BCUT2D eigenvalue weighted by molar-refractivity contribution is 5.62. The van der Waals surface area contributed by atoms with Crippen LogP contribution in [0, 0.1) is 11.3 Å². The topological polar surface area (TPSA) is 73.5 Å². The van der Waals surface area contributed by atoms with Crippen LogP contribution in [0.5, 0.6) is 23.0 Å². The Morgan fingerprint density at radius 1 is 1.11 bits per heavy atom. The summed E-state index contributed by atoms with van der Waals surface area (Å²) in [6.07, 6.45) is 0. The van der Waals surface area contributed by atoms with Gasteiger partial charge in [-0.15, -0.1) is 0 Å². The van der Waals surface area contributed by atoms with Crippen molar-refractivity contribution < 1.29 is 14.9 Å². The average Bonchev–Trinajstić information content (AvgIpc) is 2.35. The van der Waals surface area contributed by atoms with Crippen molar-refractivity contribution in [2.24, 2.45) is 0 Å². The van der Waals surface area contributed by atoms with E-state index in [4.69, 9.17) is 4.74 Å². The summed E-state index contributed by atoms with van der Waals surface area (Å²) in [6.45, 7) is 0. The molecule has 1 heterocycles. The standard InChI is InChI=1S/C14H9NO3/c15-7-10-9-3-1-2-4-12(9)18-13-6-8(16)5-11(17)14(10)13/h1-6,10,16-17H. The molecule has 1 aliphatic heterocycles. The van der Waals surface area contributed by atoms with Crippen molar-refractivity contribution in [2.75, 3.05) is 0 Å². The van der Waals surface area contributed by atoms with Gasteiger partial charge in [-0.1, -0.05) is 18.2 Å². The van der Waals surface area contributed by atoms with Crippen LogP contribution in [0.2, 0.25) is 0 Å². The number of phenols is 2. The summed E-state index contributed by atoms with van der Waals surface area (Å²) in [4.78, 5) is 0. The van der Waals surface area contributed by atoms with E-state index in [9.17, 15) is 15.5 Å².